The first-order valence-electron chi connectivity index (χ1n) is 11.5. The Bertz CT molecular complexity index is 1030. The minimum Gasteiger partial charge on any atom is -0.439 e. The highest BCUT2D eigenvalue weighted by molar-refractivity contribution is 5.43. The molecule has 3 aromatic rings. The minimum atomic E-state index is -0.682. The fourth-order valence-corrected chi connectivity index (χ4v) is 3.65. The molecule has 0 aliphatic rings. The Balaban J connectivity index is 1.94. The molecule has 7 heteroatoms. The number of rotatable bonds is 14. The third-order valence-corrected chi connectivity index (χ3v) is 5.27. The van der Waals surface area contributed by atoms with Gasteiger partial charge in [-0.2, -0.15) is 5.10 Å². The van der Waals surface area contributed by atoms with Crippen LogP contribution in [0.2, 0.25) is 0 Å². The van der Waals surface area contributed by atoms with Gasteiger partial charge in [-0.3, -0.25) is 4.90 Å². The van der Waals surface area contributed by atoms with E-state index in [9.17, 15) is 5.11 Å². The van der Waals surface area contributed by atoms with E-state index in [1.807, 2.05) is 65.3 Å². The molecule has 34 heavy (non-hydrogen) atoms. The number of aromatic nitrogens is 2. The molecule has 7 nitrogen and oxygen atoms in total. The Kier molecular flexibility index (Phi) is 10.1. The van der Waals surface area contributed by atoms with Crippen molar-refractivity contribution in [3.63, 3.8) is 0 Å². The van der Waals surface area contributed by atoms with E-state index in [2.05, 4.69) is 17.7 Å². The van der Waals surface area contributed by atoms with Gasteiger partial charge in [-0.1, -0.05) is 49.2 Å². The standard InChI is InChI=1S/C27H33N3O4/c1-4-17-33-21-23(31)19-29(16-18-32-3)20-25-26(5-2)28-30(22-12-8-6-9-13-22)27(25)34-24-14-10-7-11-15-24/h1,6-15,23,31H,5,16-21H2,2-3H3/t23-/m0/s1. The highest BCUT2D eigenvalue weighted by Crippen LogP contribution is 2.32. The summed E-state index contributed by atoms with van der Waals surface area (Å²) in [4.78, 5) is 2.12. The van der Waals surface area contributed by atoms with Gasteiger partial charge in [0.25, 0.3) is 0 Å². The van der Waals surface area contributed by atoms with Crippen LogP contribution in [0.5, 0.6) is 11.6 Å². The maximum absolute atomic E-state index is 10.5. The van der Waals surface area contributed by atoms with Gasteiger partial charge in [0, 0.05) is 26.7 Å². The molecule has 1 aromatic heterocycles. The van der Waals surface area contributed by atoms with Gasteiger partial charge in [-0.15, -0.1) is 6.42 Å². The quantitative estimate of drug-likeness (QED) is 0.291. The number of aryl methyl sites for hydroxylation is 1. The first kappa shape index (κ1) is 25.5. The first-order chi connectivity index (χ1) is 16.7. The summed E-state index contributed by atoms with van der Waals surface area (Å²) in [6, 6.07) is 19.6. The van der Waals surface area contributed by atoms with Gasteiger partial charge in [0.2, 0.25) is 5.88 Å². The van der Waals surface area contributed by atoms with Crippen molar-refractivity contribution in [3.8, 4) is 29.7 Å². The molecule has 0 amide bonds. The fraction of sp³-hybridized carbons (Fsp3) is 0.370. The van der Waals surface area contributed by atoms with E-state index < -0.39 is 6.10 Å². The Morgan fingerprint density at radius 1 is 1.12 bits per heavy atom. The summed E-state index contributed by atoms with van der Waals surface area (Å²) < 4.78 is 18.9. The van der Waals surface area contributed by atoms with Crippen molar-refractivity contribution >= 4 is 0 Å². The van der Waals surface area contributed by atoms with Crippen LogP contribution in [-0.2, 0) is 22.4 Å². The second kappa shape index (κ2) is 13.5. The van der Waals surface area contributed by atoms with Crippen LogP contribution in [0, 0.1) is 12.3 Å². The zero-order chi connectivity index (χ0) is 24.2. The highest BCUT2D eigenvalue weighted by Gasteiger charge is 2.23. The van der Waals surface area contributed by atoms with E-state index in [0.717, 1.165) is 29.1 Å². The zero-order valence-electron chi connectivity index (χ0n) is 19.9. The molecule has 0 unspecified atom stereocenters. The summed E-state index contributed by atoms with van der Waals surface area (Å²) in [7, 11) is 1.67. The van der Waals surface area contributed by atoms with Crippen molar-refractivity contribution in [1.29, 1.82) is 0 Å². The van der Waals surface area contributed by atoms with Gasteiger partial charge in [0.1, 0.15) is 12.4 Å². The van der Waals surface area contributed by atoms with Crippen molar-refractivity contribution in [1.82, 2.24) is 14.7 Å². The molecule has 0 aliphatic heterocycles. The SMILES string of the molecule is C#CCOC[C@@H](O)CN(CCOC)Cc1c(CC)nn(-c2ccccc2)c1Oc1ccccc1. The number of aliphatic hydroxyl groups excluding tert-OH is 1. The van der Waals surface area contributed by atoms with Crippen LogP contribution in [0.4, 0.5) is 0 Å². The van der Waals surface area contributed by atoms with Gasteiger partial charge in [-0.25, -0.2) is 4.68 Å². The smallest absolute Gasteiger partial charge is 0.227 e. The summed E-state index contributed by atoms with van der Waals surface area (Å²) in [6.45, 7) is 4.52. The lowest BCUT2D eigenvalue weighted by molar-refractivity contribution is 0.0205. The second-order valence-corrected chi connectivity index (χ2v) is 7.85. The molecule has 3 rings (SSSR count). The van der Waals surface area contributed by atoms with Crippen molar-refractivity contribution in [3.05, 3.63) is 71.9 Å². The average molecular weight is 464 g/mol. The lowest BCUT2D eigenvalue weighted by Crippen LogP contribution is -2.36. The topological polar surface area (TPSA) is 69.0 Å². The molecule has 0 spiro atoms. The number of ether oxygens (including phenoxy) is 3. The molecule has 180 valence electrons. The summed E-state index contributed by atoms with van der Waals surface area (Å²) in [6.07, 6.45) is 5.30. The van der Waals surface area contributed by atoms with E-state index in [-0.39, 0.29) is 13.2 Å². The lowest BCUT2D eigenvalue weighted by Gasteiger charge is -2.25. The van der Waals surface area contributed by atoms with Crippen LogP contribution in [0.1, 0.15) is 18.2 Å². The van der Waals surface area contributed by atoms with Crippen molar-refractivity contribution in [2.24, 2.45) is 0 Å². The largest absolute Gasteiger partial charge is 0.439 e. The van der Waals surface area contributed by atoms with Crippen LogP contribution >= 0.6 is 0 Å². The predicted octanol–water partition coefficient (Wildman–Crippen LogP) is 3.69. The molecule has 2 aromatic carbocycles. The Morgan fingerprint density at radius 2 is 1.82 bits per heavy atom. The maximum Gasteiger partial charge on any atom is 0.227 e. The number of para-hydroxylation sites is 2. The number of methoxy groups -OCH3 is 1. The number of hydrogen-bond donors (Lipinski definition) is 1. The Labute approximate surface area is 201 Å². The van der Waals surface area contributed by atoms with Crippen molar-refractivity contribution in [2.45, 2.75) is 26.0 Å². The third kappa shape index (κ3) is 7.17. The van der Waals surface area contributed by atoms with Crippen LogP contribution in [0.15, 0.2) is 60.7 Å². The number of nitrogens with zero attached hydrogens (tertiary/aromatic N) is 3. The van der Waals surface area contributed by atoms with Crippen LogP contribution in [0.3, 0.4) is 0 Å². The summed E-state index contributed by atoms with van der Waals surface area (Å²) in [5, 5.41) is 15.4. The van der Waals surface area contributed by atoms with E-state index >= 15 is 0 Å². The van der Waals surface area contributed by atoms with Gasteiger partial charge < -0.3 is 19.3 Å². The lowest BCUT2D eigenvalue weighted by atomic mass is 10.1. The highest BCUT2D eigenvalue weighted by atomic mass is 16.5. The molecular formula is C27H33N3O4. The molecule has 1 heterocycles. The third-order valence-electron chi connectivity index (χ3n) is 5.27. The van der Waals surface area contributed by atoms with Gasteiger partial charge in [0.15, 0.2) is 0 Å². The van der Waals surface area contributed by atoms with Crippen molar-refractivity contribution in [2.75, 3.05) is 40.0 Å². The van der Waals surface area contributed by atoms with E-state index in [1.165, 1.54) is 0 Å². The summed E-state index contributed by atoms with van der Waals surface area (Å²) in [5.41, 5.74) is 2.83. The van der Waals surface area contributed by atoms with E-state index in [4.69, 9.17) is 25.7 Å². The molecule has 1 N–H and O–H groups in total. The van der Waals surface area contributed by atoms with Gasteiger partial charge in [-0.05, 0) is 30.7 Å². The van der Waals surface area contributed by atoms with E-state index in [0.29, 0.717) is 32.1 Å². The maximum atomic E-state index is 10.5. The van der Waals surface area contributed by atoms with Gasteiger partial charge in [0.05, 0.1) is 36.3 Å². The minimum absolute atomic E-state index is 0.172. The number of hydrogen-bond acceptors (Lipinski definition) is 6. The van der Waals surface area contributed by atoms with E-state index in [1.54, 1.807) is 7.11 Å². The van der Waals surface area contributed by atoms with Crippen LogP contribution in [-0.4, -0.2) is 65.9 Å². The summed E-state index contributed by atoms with van der Waals surface area (Å²) in [5.74, 6) is 3.81. The van der Waals surface area contributed by atoms with Crippen LogP contribution in [0.25, 0.3) is 5.69 Å². The normalized spacial score (nSPS) is 12.0. The van der Waals surface area contributed by atoms with Crippen molar-refractivity contribution < 1.29 is 19.3 Å². The predicted molar refractivity (Wildman–Crippen MR) is 132 cm³/mol. The molecule has 1 atom stereocenters. The number of terminal acetylenes is 1. The van der Waals surface area contributed by atoms with Crippen LogP contribution < -0.4 is 4.74 Å². The fourth-order valence-electron chi connectivity index (χ4n) is 3.65. The molecule has 0 fully saturated rings. The Hall–Kier alpha value is -3.15. The molecule has 0 saturated carbocycles. The first-order valence-corrected chi connectivity index (χ1v) is 11.5. The second-order valence-electron chi connectivity index (χ2n) is 7.85. The monoisotopic (exact) mass is 463 g/mol. The summed E-state index contributed by atoms with van der Waals surface area (Å²) >= 11 is 0. The van der Waals surface area contributed by atoms with Gasteiger partial charge >= 0.3 is 0 Å². The molecule has 0 aliphatic carbocycles. The number of benzene rings is 2. The zero-order valence-corrected chi connectivity index (χ0v) is 19.9. The molecule has 0 radical (unpaired) electrons. The molecule has 0 bridgehead atoms. The average Bonchev–Trinajstić information content (AvgIpc) is 3.20. The molecule has 0 saturated heterocycles. The molecular weight excluding hydrogens is 430 g/mol. The Morgan fingerprint density at radius 3 is 2.47 bits per heavy atom. The number of aliphatic hydroxyl groups is 1.